The van der Waals surface area contributed by atoms with Gasteiger partial charge in [0.25, 0.3) is 0 Å². The monoisotopic (exact) mass is 267 g/mol. The maximum absolute atomic E-state index is 6.25. The summed E-state index contributed by atoms with van der Waals surface area (Å²) in [6, 6.07) is 5.96. The normalized spacial score (nSPS) is 11.1. The van der Waals surface area contributed by atoms with Gasteiger partial charge in [-0.2, -0.15) is 5.10 Å². The fourth-order valence-electron chi connectivity index (χ4n) is 1.54. The van der Waals surface area contributed by atoms with Gasteiger partial charge in [-0.05, 0) is 17.7 Å². The van der Waals surface area contributed by atoms with Crippen LogP contribution in [0.25, 0.3) is 11.1 Å². The zero-order chi connectivity index (χ0) is 12.4. The van der Waals surface area contributed by atoms with Crippen LogP contribution in [-0.2, 0) is 0 Å². The summed E-state index contributed by atoms with van der Waals surface area (Å²) in [5.41, 5.74) is 7.64. The van der Waals surface area contributed by atoms with E-state index in [1.807, 2.05) is 18.2 Å². The molecule has 1 heterocycles. The number of nitrogen functional groups attached to an aromatic ring is 1. The van der Waals surface area contributed by atoms with Crippen LogP contribution in [0.15, 0.2) is 29.3 Å². The first-order valence-electron chi connectivity index (χ1n) is 5.33. The Morgan fingerprint density at radius 1 is 1.41 bits per heavy atom. The molecule has 3 N–H and O–H groups in total. The van der Waals surface area contributed by atoms with Gasteiger partial charge in [0.15, 0.2) is 0 Å². The molecule has 0 saturated heterocycles. The zero-order valence-electron chi connectivity index (χ0n) is 9.70. The topological polar surface area (TPSA) is 54.7 Å². The standard InChI is InChI=1S/C12H14ClN3S/c1-7(2)17-11-4-3-8(5-10(11)13)9-6-15-16-12(9)14/h3-7H,1-2H3,(H3,14,15,16). The fraction of sp³-hybridized carbons (Fsp3) is 0.250. The second kappa shape index (κ2) is 5.02. The van der Waals surface area contributed by atoms with E-state index < -0.39 is 0 Å². The van der Waals surface area contributed by atoms with Gasteiger partial charge in [0.05, 0.1) is 11.2 Å². The lowest BCUT2D eigenvalue weighted by atomic mass is 10.1. The molecule has 0 saturated carbocycles. The lowest BCUT2D eigenvalue weighted by molar-refractivity contribution is 1.10. The number of nitrogens with zero attached hydrogens (tertiary/aromatic N) is 1. The quantitative estimate of drug-likeness (QED) is 0.832. The first-order valence-corrected chi connectivity index (χ1v) is 6.59. The van der Waals surface area contributed by atoms with Crippen molar-refractivity contribution in [2.75, 3.05) is 5.73 Å². The molecule has 90 valence electrons. The summed E-state index contributed by atoms with van der Waals surface area (Å²) in [7, 11) is 0. The van der Waals surface area contributed by atoms with Gasteiger partial charge in [-0.15, -0.1) is 11.8 Å². The average molecular weight is 268 g/mol. The van der Waals surface area contributed by atoms with Gasteiger partial charge in [0.2, 0.25) is 0 Å². The molecule has 0 aliphatic heterocycles. The van der Waals surface area contributed by atoms with Crippen LogP contribution in [0.1, 0.15) is 13.8 Å². The highest BCUT2D eigenvalue weighted by molar-refractivity contribution is 8.00. The molecular weight excluding hydrogens is 254 g/mol. The molecule has 0 atom stereocenters. The van der Waals surface area contributed by atoms with E-state index in [4.69, 9.17) is 17.3 Å². The first kappa shape index (κ1) is 12.3. The summed E-state index contributed by atoms with van der Waals surface area (Å²) in [6.07, 6.45) is 1.70. The number of rotatable bonds is 3. The Hall–Kier alpha value is -1.13. The largest absolute Gasteiger partial charge is 0.384 e. The summed E-state index contributed by atoms with van der Waals surface area (Å²) in [5, 5.41) is 7.88. The predicted molar refractivity (Wildman–Crippen MR) is 74.4 cm³/mol. The molecule has 2 aromatic rings. The summed E-state index contributed by atoms with van der Waals surface area (Å²) in [6.45, 7) is 4.28. The fourth-order valence-corrected chi connectivity index (χ4v) is 2.68. The number of H-pyrrole nitrogens is 1. The minimum absolute atomic E-state index is 0.511. The molecule has 0 aliphatic rings. The molecule has 0 amide bonds. The maximum atomic E-state index is 6.25. The van der Waals surface area contributed by atoms with Gasteiger partial charge in [-0.25, -0.2) is 0 Å². The molecule has 17 heavy (non-hydrogen) atoms. The number of anilines is 1. The number of thioether (sulfide) groups is 1. The van der Waals surface area contributed by atoms with Crippen molar-refractivity contribution in [3.05, 3.63) is 29.4 Å². The molecule has 0 bridgehead atoms. The summed E-state index contributed by atoms with van der Waals surface area (Å²) >= 11 is 8.00. The van der Waals surface area contributed by atoms with E-state index in [1.54, 1.807) is 18.0 Å². The number of hydrogen-bond acceptors (Lipinski definition) is 3. The first-order chi connectivity index (χ1) is 8.08. The van der Waals surface area contributed by atoms with Crippen molar-refractivity contribution in [1.29, 1.82) is 0 Å². The van der Waals surface area contributed by atoms with E-state index in [0.717, 1.165) is 21.0 Å². The molecule has 2 rings (SSSR count). The Bertz CT molecular complexity index is 522. The van der Waals surface area contributed by atoms with Crippen molar-refractivity contribution in [3.63, 3.8) is 0 Å². The van der Waals surface area contributed by atoms with E-state index in [1.165, 1.54) is 0 Å². The highest BCUT2D eigenvalue weighted by Gasteiger charge is 2.09. The third-order valence-electron chi connectivity index (χ3n) is 2.27. The molecular formula is C12H14ClN3S. The van der Waals surface area contributed by atoms with Crippen molar-refractivity contribution in [2.45, 2.75) is 24.0 Å². The van der Waals surface area contributed by atoms with E-state index in [0.29, 0.717) is 11.1 Å². The van der Waals surface area contributed by atoms with E-state index in [-0.39, 0.29) is 0 Å². The summed E-state index contributed by atoms with van der Waals surface area (Å²) in [5.74, 6) is 0.560. The number of nitrogens with two attached hydrogens (primary N) is 1. The number of aromatic amines is 1. The Morgan fingerprint density at radius 3 is 2.71 bits per heavy atom. The van der Waals surface area contributed by atoms with Gasteiger partial charge >= 0.3 is 0 Å². The third-order valence-corrected chi connectivity index (χ3v) is 3.78. The minimum Gasteiger partial charge on any atom is -0.384 e. The molecule has 0 spiro atoms. The van der Waals surface area contributed by atoms with Crippen LogP contribution in [0.2, 0.25) is 5.02 Å². The van der Waals surface area contributed by atoms with E-state index in [2.05, 4.69) is 24.0 Å². The molecule has 5 heteroatoms. The van der Waals surface area contributed by atoms with Crippen molar-refractivity contribution in [2.24, 2.45) is 0 Å². The zero-order valence-corrected chi connectivity index (χ0v) is 11.3. The van der Waals surface area contributed by atoms with E-state index in [9.17, 15) is 0 Å². The Balaban J connectivity index is 2.34. The van der Waals surface area contributed by atoms with Gasteiger partial charge < -0.3 is 5.73 Å². The highest BCUT2D eigenvalue weighted by atomic mass is 35.5. The molecule has 0 unspecified atom stereocenters. The van der Waals surface area contributed by atoms with Crippen LogP contribution in [-0.4, -0.2) is 15.4 Å². The number of aromatic nitrogens is 2. The molecule has 0 fully saturated rings. The maximum Gasteiger partial charge on any atom is 0.126 e. The minimum atomic E-state index is 0.511. The molecule has 1 aromatic carbocycles. The number of halogens is 1. The van der Waals surface area contributed by atoms with Crippen molar-refractivity contribution in [3.8, 4) is 11.1 Å². The van der Waals surface area contributed by atoms with Crippen molar-refractivity contribution in [1.82, 2.24) is 10.2 Å². The SMILES string of the molecule is CC(C)Sc1ccc(-c2cn[nH]c2N)cc1Cl. The smallest absolute Gasteiger partial charge is 0.126 e. The average Bonchev–Trinajstić information content (AvgIpc) is 2.67. The van der Waals surface area contributed by atoms with Gasteiger partial charge in [0, 0.05) is 15.7 Å². The Kier molecular flexibility index (Phi) is 3.64. The van der Waals surface area contributed by atoms with Crippen molar-refractivity contribution < 1.29 is 0 Å². The molecule has 3 nitrogen and oxygen atoms in total. The number of benzene rings is 1. The van der Waals surface area contributed by atoms with Crippen LogP contribution >= 0.6 is 23.4 Å². The lowest BCUT2D eigenvalue weighted by Crippen LogP contribution is -1.89. The van der Waals surface area contributed by atoms with Crippen LogP contribution in [0.4, 0.5) is 5.82 Å². The lowest BCUT2D eigenvalue weighted by Gasteiger charge is -2.08. The van der Waals surface area contributed by atoms with Gasteiger partial charge in [0.1, 0.15) is 5.82 Å². The molecule has 0 aliphatic carbocycles. The van der Waals surface area contributed by atoms with E-state index >= 15 is 0 Å². The number of hydrogen-bond donors (Lipinski definition) is 2. The second-order valence-corrected chi connectivity index (χ2v) is 6.03. The number of nitrogens with one attached hydrogen (secondary N) is 1. The van der Waals surface area contributed by atoms with Gasteiger partial charge in [-0.1, -0.05) is 31.5 Å². The second-order valence-electron chi connectivity index (χ2n) is 4.01. The van der Waals surface area contributed by atoms with Crippen LogP contribution < -0.4 is 5.73 Å². The predicted octanol–water partition coefficient (Wildman–Crippen LogP) is 3.81. The van der Waals surface area contributed by atoms with Crippen molar-refractivity contribution >= 4 is 29.2 Å². The molecule has 1 aromatic heterocycles. The summed E-state index contributed by atoms with van der Waals surface area (Å²) < 4.78 is 0. The van der Waals surface area contributed by atoms with Crippen LogP contribution in [0.3, 0.4) is 0 Å². The Morgan fingerprint density at radius 2 is 2.18 bits per heavy atom. The van der Waals surface area contributed by atoms with Crippen LogP contribution in [0.5, 0.6) is 0 Å². The Labute approximate surface area is 110 Å². The third kappa shape index (κ3) is 2.76. The highest BCUT2D eigenvalue weighted by Crippen LogP contribution is 2.34. The molecule has 0 radical (unpaired) electrons. The van der Waals surface area contributed by atoms with Crippen LogP contribution in [0, 0.1) is 0 Å². The summed E-state index contributed by atoms with van der Waals surface area (Å²) in [4.78, 5) is 1.09. The van der Waals surface area contributed by atoms with Gasteiger partial charge in [-0.3, -0.25) is 5.10 Å².